The van der Waals surface area contributed by atoms with E-state index < -0.39 is 0 Å². The van der Waals surface area contributed by atoms with Gasteiger partial charge in [0.15, 0.2) is 0 Å². The smallest absolute Gasteiger partial charge is 0.223 e. The standard InChI is InChI=1S/C9H12N4O/c10-8-2-1-7(12-13-8)5-6-3-4-11-9(6)14/h1-2,6H,3-5H2,(H2,10,13)(H,11,14). The number of hydrogen-bond acceptors (Lipinski definition) is 4. The second-order valence-corrected chi connectivity index (χ2v) is 3.43. The molecule has 0 aromatic carbocycles. The summed E-state index contributed by atoms with van der Waals surface area (Å²) in [6, 6.07) is 3.52. The fourth-order valence-corrected chi connectivity index (χ4v) is 1.57. The maximum Gasteiger partial charge on any atom is 0.223 e. The third-order valence-electron chi connectivity index (χ3n) is 2.36. The summed E-state index contributed by atoms with van der Waals surface area (Å²) in [4.78, 5) is 11.3. The first-order valence-corrected chi connectivity index (χ1v) is 4.61. The van der Waals surface area contributed by atoms with Crippen LogP contribution in [0.15, 0.2) is 12.1 Å². The van der Waals surface area contributed by atoms with Crippen LogP contribution in [-0.4, -0.2) is 22.6 Å². The van der Waals surface area contributed by atoms with E-state index in [0.29, 0.717) is 12.2 Å². The number of nitrogens with one attached hydrogen (secondary N) is 1. The van der Waals surface area contributed by atoms with Crippen molar-refractivity contribution in [3.63, 3.8) is 0 Å². The number of hydrogen-bond donors (Lipinski definition) is 2. The second-order valence-electron chi connectivity index (χ2n) is 3.43. The molecule has 0 saturated carbocycles. The number of carbonyl (C=O) groups is 1. The first kappa shape index (κ1) is 8.93. The van der Waals surface area contributed by atoms with Crippen LogP contribution in [-0.2, 0) is 11.2 Å². The van der Waals surface area contributed by atoms with Crippen molar-refractivity contribution in [1.29, 1.82) is 0 Å². The van der Waals surface area contributed by atoms with E-state index in [9.17, 15) is 4.79 Å². The molecule has 1 aliphatic heterocycles. The molecule has 14 heavy (non-hydrogen) atoms. The van der Waals surface area contributed by atoms with Crippen LogP contribution in [0.2, 0.25) is 0 Å². The lowest BCUT2D eigenvalue weighted by Crippen LogP contribution is -2.20. The van der Waals surface area contributed by atoms with Gasteiger partial charge in [0.25, 0.3) is 0 Å². The zero-order valence-corrected chi connectivity index (χ0v) is 7.73. The third kappa shape index (κ3) is 1.81. The number of nitrogen functional groups attached to an aromatic ring is 1. The molecule has 2 heterocycles. The molecule has 5 heteroatoms. The molecule has 0 spiro atoms. The lowest BCUT2D eigenvalue weighted by Gasteiger charge is -2.04. The number of amides is 1. The molecule has 1 atom stereocenters. The average molecular weight is 192 g/mol. The maximum absolute atomic E-state index is 11.3. The van der Waals surface area contributed by atoms with Crippen LogP contribution in [0.25, 0.3) is 0 Å². The van der Waals surface area contributed by atoms with E-state index in [4.69, 9.17) is 5.73 Å². The Kier molecular flexibility index (Phi) is 2.30. The Balaban J connectivity index is 2.03. The van der Waals surface area contributed by atoms with Gasteiger partial charge in [-0.3, -0.25) is 4.79 Å². The molecule has 5 nitrogen and oxygen atoms in total. The van der Waals surface area contributed by atoms with Crippen molar-refractivity contribution in [2.45, 2.75) is 12.8 Å². The van der Waals surface area contributed by atoms with Crippen molar-refractivity contribution in [3.05, 3.63) is 17.8 Å². The topological polar surface area (TPSA) is 80.9 Å². The molecule has 1 aromatic rings. The van der Waals surface area contributed by atoms with E-state index in [1.54, 1.807) is 6.07 Å². The van der Waals surface area contributed by atoms with Crippen LogP contribution in [0, 0.1) is 5.92 Å². The Hall–Kier alpha value is -1.65. The van der Waals surface area contributed by atoms with E-state index in [2.05, 4.69) is 15.5 Å². The molecule has 1 fully saturated rings. The highest BCUT2D eigenvalue weighted by atomic mass is 16.2. The van der Waals surface area contributed by atoms with Gasteiger partial charge < -0.3 is 11.1 Å². The van der Waals surface area contributed by atoms with Crippen LogP contribution in [0.5, 0.6) is 0 Å². The Morgan fingerprint density at radius 3 is 2.93 bits per heavy atom. The van der Waals surface area contributed by atoms with Gasteiger partial charge in [0, 0.05) is 18.9 Å². The molecule has 1 aliphatic rings. The first-order valence-electron chi connectivity index (χ1n) is 4.61. The van der Waals surface area contributed by atoms with Crippen molar-refractivity contribution in [3.8, 4) is 0 Å². The lowest BCUT2D eigenvalue weighted by molar-refractivity contribution is -0.122. The minimum atomic E-state index is 0.0490. The van der Waals surface area contributed by atoms with Crippen LogP contribution in [0.4, 0.5) is 5.82 Å². The van der Waals surface area contributed by atoms with Crippen LogP contribution < -0.4 is 11.1 Å². The summed E-state index contributed by atoms with van der Waals surface area (Å²) >= 11 is 0. The summed E-state index contributed by atoms with van der Waals surface area (Å²) in [6.45, 7) is 0.770. The zero-order valence-electron chi connectivity index (χ0n) is 7.73. The normalized spacial score (nSPS) is 20.9. The summed E-state index contributed by atoms with van der Waals surface area (Å²) in [5, 5.41) is 10.5. The molecule has 1 unspecified atom stereocenters. The van der Waals surface area contributed by atoms with Gasteiger partial charge in [-0.15, -0.1) is 5.10 Å². The van der Waals surface area contributed by atoms with Crippen LogP contribution >= 0.6 is 0 Å². The highest BCUT2D eigenvalue weighted by Crippen LogP contribution is 2.14. The highest BCUT2D eigenvalue weighted by Gasteiger charge is 2.24. The van der Waals surface area contributed by atoms with E-state index in [1.807, 2.05) is 6.07 Å². The largest absolute Gasteiger partial charge is 0.382 e. The fourth-order valence-electron chi connectivity index (χ4n) is 1.57. The molecule has 1 amide bonds. The molecule has 1 aromatic heterocycles. The molecule has 3 N–H and O–H groups in total. The molecular formula is C9H12N4O. The lowest BCUT2D eigenvalue weighted by atomic mass is 10.0. The monoisotopic (exact) mass is 192 g/mol. The van der Waals surface area contributed by atoms with E-state index in [1.165, 1.54) is 0 Å². The van der Waals surface area contributed by atoms with Gasteiger partial charge in [-0.2, -0.15) is 5.10 Å². The summed E-state index contributed by atoms with van der Waals surface area (Å²) in [5.74, 6) is 0.571. The minimum Gasteiger partial charge on any atom is -0.382 e. The quantitative estimate of drug-likeness (QED) is 0.676. The molecule has 0 bridgehead atoms. The fraction of sp³-hybridized carbons (Fsp3) is 0.444. The van der Waals surface area contributed by atoms with Gasteiger partial charge in [0.2, 0.25) is 5.91 Å². The summed E-state index contributed by atoms with van der Waals surface area (Å²) in [6.07, 6.45) is 1.53. The van der Waals surface area contributed by atoms with Gasteiger partial charge in [0.05, 0.1) is 5.69 Å². The van der Waals surface area contributed by atoms with E-state index >= 15 is 0 Å². The second kappa shape index (κ2) is 3.61. The minimum absolute atomic E-state index is 0.0490. The van der Waals surface area contributed by atoms with Crippen molar-refractivity contribution in [2.24, 2.45) is 5.92 Å². The van der Waals surface area contributed by atoms with Crippen molar-refractivity contribution < 1.29 is 4.79 Å². The number of rotatable bonds is 2. The van der Waals surface area contributed by atoms with Gasteiger partial charge >= 0.3 is 0 Å². The van der Waals surface area contributed by atoms with E-state index in [-0.39, 0.29) is 11.8 Å². The number of anilines is 1. The van der Waals surface area contributed by atoms with Gasteiger partial charge in [-0.25, -0.2) is 0 Å². The van der Waals surface area contributed by atoms with Crippen LogP contribution in [0.3, 0.4) is 0 Å². The first-order chi connectivity index (χ1) is 6.75. The molecule has 0 radical (unpaired) electrons. The third-order valence-corrected chi connectivity index (χ3v) is 2.36. The van der Waals surface area contributed by atoms with Gasteiger partial charge in [-0.05, 0) is 18.6 Å². The van der Waals surface area contributed by atoms with E-state index in [0.717, 1.165) is 18.7 Å². The molecule has 2 rings (SSSR count). The molecular weight excluding hydrogens is 180 g/mol. The van der Waals surface area contributed by atoms with Gasteiger partial charge in [-0.1, -0.05) is 0 Å². The molecule has 74 valence electrons. The number of nitrogens with zero attached hydrogens (tertiary/aromatic N) is 2. The zero-order chi connectivity index (χ0) is 9.97. The SMILES string of the molecule is Nc1ccc(CC2CCNC2=O)nn1. The predicted octanol–water partition coefficient (Wildman–Crippen LogP) is -0.263. The highest BCUT2D eigenvalue weighted by molar-refractivity contribution is 5.80. The summed E-state index contributed by atoms with van der Waals surface area (Å²) in [7, 11) is 0. The van der Waals surface area contributed by atoms with Crippen molar-refractivity contribution in [2.75, 3.05) is 12.3 Å². The maximum atomic E-state index is 11.3. The summed E-state index contributed by atoms with van der Waals surface area (Å²) < 4.78 is 0. The molecule has 1 saturated heterocycles. The predicted molar refractivity (Wildman–Crippen MR) is 51.3 cm³/mol. The Labute approximate surface area is 81.7 Å². The van der Waals surface area contributed by atoms with Crippen molar-refractivity contribution in [1.82, 2.24) is 15.5 Å². The number of nitrogens with two attached hydrogens (primary N) is 1. The molecule has 0 aliphatic carbocycles. The van der Waals surface area contributed by atoms with Crippen LogP contribution in [0.1, 0.15) is 12.1 Å². The van der Waals surface area contributed by atoms with Gasteiger partial charge in [0.1, 0.15) is 5.82 Å². The van der Waals surface area contributed by atoms with Crippen molar-refractivity contribution >= 4 is 11.7 Å². The Morgan fingerprint density at radius 2 is 2.36 bits per heavy atom. The average Bonchev–Trinajstić information content (AvgIpc) is 2.56. The summed E-state index contributed by atoms with van der Waals surface area (Å²) in [5.41, 5.74) is 6.23. The number of carbonyl (C=O) groups excluding carboxylic acids is 1. The number of aromatic nitrogens is 2. The Morgan fingerprint density at radius 1 is 1.50 bits per heavy atom. The Bertz CT molecular complexity index is 335.